The molecule has 2 rings (SSSR count). The zero-order valence-electron chi connectivity index (χ0n) is 11.3. The summed E-state index contributed by atoms with van der Waals surface area (Å²) in [5.41, 5.74) is 7.98. The molecule has 1 aliphatic rings. The number of ether oxygens (including phenoxy) is 1. The largest absolute Gasteiger partial charge is 0.399 e. The van der Waals surface area contributed by atoms with Crippen molar-refractivity contribution < 1.29 is 4.74 Å². The summed E-state index contributed by atoms with van der Waals surface area (Å²) in [6, 6.07) is 8.95. The number of nitrogens with zero attached hydrogens (tertiary/aromatic N) is 1. The molecule has 0 heterocycles. The molecule has 1 saturated carbocycles. The van der Waals surface area contributed by atoms with Crippen molar-refractivity contribution >= 4 is 5.69 Å². The monoisotopic (exact) mass is 248 g/mol. The second kappa shape index (κ2) is 6.76. The Morgan fingerprint density at radius 3 is 2.83 bits per heavy atom. The van der Waals surface area contributed by atoms with Crippen LogP contribution in [-0.2, 0) is 11.3 Å². The highest BCUT2D eigenvalue weighted by Crippen LogP contribution is 2.28. The summed E-state index contributed by atoms with van der Waals surface area (Å²) in [5, 5.41) is 0. The highest BCUT2D eigenvalue weighted by Gasteiger charge is 2.28. The fourth-order valence-corrected chi connectivity index (χ4v) is 2.18. The van der Waals surface area contributed by atoms with Gasteiger partial charge in [-0.2, -0.15) is 0 Å². The third-order valence-electron chi connectivity index (χ3n) is 3.27. The zero-order chi connectivity index (χ0) is 12.8. The van der Waals surface area contributed by atoms with Crippen molar-refractivity contribution in [2.75, 3.05) is 25.5 Å². The van der Waals surface area contributed by atoms with Crippen LogP contribution in [0.25, 0.3) is 0 Å². The SMILES string of the molecule is CCCOCCN(Cc1cccc(N)c1)C1CC1. The van der Waals surface area contributed by atoms with Crippen LogP contribution in [0.2, 0.25) is 0 Å². The summed E-state index contributed by atoms with van der Waals surface area (Å²) in [6.45, 7) is 5.87. The Balaban J connectivity index is 1.82. The molecule has 0 atom stereocenters. The van der Waals surface area contributed by atoms with Gasteiger partial charge in [-0.1, -0.05) is 19.1 Å². The molecule has 1 aliphatic carbocycles. The van der Waals surface area contributed by atoms with Gasteiger partial charge in [-0.05, 0) is 37.0 Å². The maximum atomic E-state index is 5.82. The smallest absolute Gasteiger partial charge is 0.0593 e. The molecule has 0 amide bonds. The van der Waals surface area contributed by atoms with Gasteiger partial charge in [0.2, 0.25) is 0 Å². The minimum atomic E-state index is 0.761. The zero-order valence-corrected chi connectivity index (χ0v) is 11.3. The second-order valence-electron chi connectivity index (χ2n) is 5.06. The van der Waals surface area contributed by atoms with Crippen LogP contribution in [-0.4, -0.2) is 30.7 Å². The number of hydrogen-bond acceptors (Lipinski definition) is 3. The van der Waals surface area contributed by atoms with Gasteiger partial charge in [0.1, 0.15) is 0 Å². The van der Waals surface area contributed by atoms with Crippen molar-refractivity contribution in [3.63, 3.8) is 0 Å². The summed E-state index contributed by atoms with van der Waals surface area (Å²) in [7, 11) is 0. The van der Waals surface area contributed by atoms with Gasteiger partial charge >= 0.3 is 0 Å². The highest BCUT2D eigenvalue weighted by atomic mass is 16.5. The van der Waals surface area contributed by atoms with Gasteiger partial charge in [0.15, 0.2) is 0 Å². The predicted octanol–water partition coefficient (Wildman–Crippen LogP) is 2.66. The molecule has 1 fully saturated rings. The third-order valence-corrected chi connectivity index (χ3v) is 3.27. The lowest BCUT2D eigenvalue weighted by molar-refractivity contribution is 0.0986. The molecule has 0 saturated heterocycles. The van der Waals surface area contributed by atoms with Gasteiger partial charge < -0.3 is 10.5 Å². The fourth-order valence-electron chi connectivity index (χ4n) is 2.18. The van der Waals surface area contributed by atoms with Gasteiger partial charge in [-0.15, -0.1) is 0 Å². The Morgan fingerprint density at radius 1 is 1.33 bits per heavy atom. The molecule has 3 heteroatoms. The number of nitrogen functional groups attached to an aromatic ring is 1. The van der Waals surface area contributed by atoms with Gasteiger partial charge in [0, 0.05) is 31.4 Å². The van der Waals surface area contributed by atoms with E-state index < -0.39 is 0 Å². The Morgan fingerprint density at radius 2 is 2.17 bits per heavy atom. The Hall–Kier alpha value is -1.06. The molecule has 0 spiro atoms. The van der Waals surface area contributed by atoms with Crippen molar-refractivity contribution in [3.8, 4) is 0 Å². The molecule has 1 aromatic carbocycles. The van der Waals surface area contributed by atoms with E-state index in [-0.39, 0.29) is 0 Å². The molecule has 0 aromatic heterocycles. The van der Waals surface area contributed by atoms with E-state index in [0.29, 0.717) is 0 Å². The van der Waals surface area contributed by atoms with E-state index in [1.807, 2.05) is 12.1 Å². The van der Waals surface area contributed by atoms with E-state index >= 15 is 0 Å². The first-order chi connectivity index (χ1) is 8.79. The molecule has 0 unspecified atom stereocenters. The van der Waals surface area contributed by atoms with Crippen LogP contribution in [0.15, 0.2) is 24.3 Å². The van der Waals surface area contributed by atoms with Crippen molar-refractivity contribution in [3.05, 3.63) is 29.8 Å². The summed E-state index contributed by atoms with van der Waals surface area (Å²) < 4.78 is 5.59. The van der Waals surface area contributed by atoms with E-state index in [1.165, 1.54) is 18.4 Å². The summed E-state index contributed by atoms with van der Waals surface area (Å²) in [5.74, 6) is 0. The fraction of sp³-hybridized carbons (Fsp3) is 0.600. The van der Waals surface area contributed by atoms with Crippen LogP contribution in [0.4, 0.5) is 5.69 Å². The normalized spacial score (nSPS) is 15.2. The Labute approximate surface area is 110 Å². The number of hydrogen-bond donors (Lipinski definition) is 1. The van der Waals surface area contributed by atoms with Crippen molar-refractivity contribution in [2.24, 2.45) is 0 Å². The maximum Gasteiger partial charge on any atom is 0.0593 e. The lowest BCUT2D eigenvalue weighted by Gasteiger charge is -2.22. The van der Waals surface area contributed by atoms with Crippen molar-refractivity contribution in [2.45, 2.75) is 38.8 Å². The van der Waals surface area contributed by atoms with E-state index in [0.717, 1.165) is 44.5 Å². The van der Waals surface area contributed by atoms with Crippen LogP contribution < -0.4 is 5.73 Å². The molecule has 2 N–H and O–H groups in total. The Kier molecular flexibility index (Phi) is 5.02. The van der Waals surface area contributed by atoms with Crippen LogP contribution in [0.1, 0.15) is 31.7 Å². The van der Waals surface area contributed by atoms with Gasteiger partial charge in [0.05, 0.1) is 6.61 Å². The number of rotatable bonds is 8. The van der Waals surface area contributed by atoms with Gasteiger partial charge in [-0.25, -0.2) is 0 Å². The summed E-state index contributed by atoms with van der Waals surface area (Å²) in [6.07, 6.45) is 3.75. The molecule has 0 radical (unpaired) electrons. The molecular weight excluding hydrogens is 224 g/mol. The van der Waals surface area contributed by atoms with Crippen LogP contribution in [0.5, 0.6) is 0 Å². The first kappa shape index (κ1) is 13.4. The first-order valence-electron chi connectivity index (χ1n) is 6.96. The molecule has 100 valence electrons. The van der Waals surface area contributed by atoms with Crippen LogP contribution in [0.3, 0.4) is 0 Å². The van der Waals surface area contributed by atoms with E-state index in [4.69, 9.17) is 10.5 Å². The average Bonchev–Trinajstić information content (AvgIpc) is 3.17. The van der Waals surface area contributed by atoms with Crippen molar-refractivity contribution in [1.29, 1.82) is 0 Å². The third kappa shape index (κ3) is 4.31. The van der Waals surface area contributed by atoms with E-state index in [9.17, 15) is 0 Å². The molecule has 0 bridgehead atoms. The molecule has 1 aromatic rings. The molecule has 18 heavy (non-hydrogen) atoms. The molecule has 3 nitrogen and oxygen atoms in total. The lowest BCUT2D eigenvalue weighted by Crippen LogP contribution is -2.29. The lowest BCUT2D eigenvalue weighted by atomic mass is 10.2. The van der Waals surface area contributed by atoms with E-state index in [1.54, 1.807) is 0 Å². The van der Waals surface area contributed by atoms with Crippen molar-refractivity contribution in [1.82, 2.24) is 4.90 Å². The molecular formula is C15H24N2O. The average molecular weight is 248 g/mol. The van der Waals surface area contributed by atoms with Crippen LogP contribution in [0, 0.1) is 0 Å². The minimum absolute atomic E-state index is 0.761. The summed E-state index contributed by atoms with van der Waals surface area (Å²) >= 11 is 0. The molecule has 0 aliphatic heterocycles. The number of benzene rings is 1. The summed E-state index contributed by atoms with van der Waals surface area (Å²) in [4.78, 5) is 2.52. The van der Waals surface area contributed by atoms with Gasteiger partial charge in [-0.3, -0.25) is 4.90 Å². The van der Waals surface area contributed by atoms with Gasteiger partial charge in [0.25, 0.3) is 0 Å². The number of nitrogens with two attached hydrogens (primary N) is 1. The topological polar surface area (TPSA) is 38.5 Å². The second-order valence-corrected chi connectivity index (χ2v) is 5.06. The predicted molar refractivity (Wildman–Crippen MR) is 75.4 cm³/mol. The first-order valence-corrected chi connectivity index (χ1v) is 6.96. The van der Waals surface area contributed by atoms with Crippen LogP contribution >= 0.6 is 0 Å². The Bertz CT molecular complexity index is 363. The quantitative estimate of drug-likeness (QED) is 0.568. The standard InChI is InChI=1S/C15H24N2O/c1-2-9-18-10-8-17(15-6-7-15)12-13-4-3-5-14(16)11-13/h3-5,11,15H,2,6-10,12,16H2,1H3. The minimum Gasteiger partial charge on any atom is -0.399 e. The highest BCUT2D eigenvalue weighted by molar-refractivity contribution is 5.40. The maximum absolute atomic E-state index is 5.82. The number of anilines is 1. The van der Waals surface area contributed by atoms with E-state index in [2.05, 4.69) is 24.0 Å².